The van der Waals surface area contributed by atoms with Crippen molar-refractivity contribution in [2.45, 2.75) is 24.3 Å². The van der Waals surface area contributed by atoms with Crippen molar-refractivity contribution in [1.29, 1.82) is 0 Å². The maximum Gasteiger partial charge on any atom is 0.340 e. The second-order valence-electron chi connectivity index (χ2n) is 7.97. The van der Waals surface area contributed by atoms with E-state index < -0.39 is 16.0 Å². The van der Waals surface area contributed by atoms with Crippen LogP contribution in [0.15, 0.2) is 51.8 Å². The van der Waals surface area contributed by atoms with E-state index in [4.69, 9.17) is 13.9 Å². The maximum atomic E-state index is 13.0. The average Bonchev–Trinajstić information content (AvgIpc) is 3.55. The lowest BCUT2D eigenvalue weighted by Gasteiger charge is -2.22. The molecular formula is C23H26N4O6S. The first kappa shape index (κ1) is 23.7. The molecule has 0 atom stereocenters. The van der Waals surface area contributed by atoms with Gasteiger partial charge in [-0.2, -0.15) is 0 Å². The number of carbonyl (C=O) groups is 1. The largest absolute Gasteiger partial charge is 0.497 e. The molecular weight excluding hydrogens is 460 g/mol. The molecule has 10 nitrogen and oxygen atoms in total. The fraction of sp³-hybridized carbons (Fsp3) is 0.348. The van der Waals surface area contributed by atoms with E-state index in [1.165, 1.54) is 26.2 Å². The third-order valence-corrected chi connectivity index (χ3v) is 7.35. The van der Waals surface area contributed by atoms with E-state index in [1.807, 2.05) is 0 Å². The Labute approximate surface area is 198 Å². The molecule has 180 valence electrons. The van der Waals surface area contributed by atoms with Gasteiger partial charge in [0.1, 0.15) is 5.75 Å². The van der Waals surface area contributed by atoms with E-state index >= 15 is 0 Å². The molecule has 1 fully saturated rings. The summed E-state index contributed by atoms with van der Waals surface area (Å²) >= 11 is 0. The predicted molar refractivity (Wildman–Crippen MR) is 124 cm³/mol. The topological polar surface area (TPSA) is 115 Å². The van der Waals surface area contributed by atoms with Gasteiger partial charge in [0.25, 0.3) is 5.89 Å². The molecule has 11 heteroatoms. The minimum absolute atomic E-state index is 0.0204. The molecule has 0 saturated carbocycles. The van der Waals surface area contributed by atoms with Crippen LogP contribution in [0.2, 0.25) is 0 Å². The van der Waals surface area contributed by atoms with Crippen LogP contribution in [0.4, 0.5) is 5.69 Å². The molecule has 34 heavy (non-hydrogen) atoms. The van der Waals surface area contributed by atoms with E-state index in [2.05, 4.69) is 15.1 Å². The molecule has 1 aliphatic heterocycles. The van der Waals surface area contributed by atoms with E-state index in [0.717, 1.165) is 30.2 Å². The minimum atomic E-state index is -3.72. The lowest BCUT2D eigenvalue weighted by atomic mass is 10.1. The van der Waals surface area contributed by atoms with E-state index in [9.17, 15) is 13.2 Å². The lowest BCUT2D eigenvalue weighted by molar-refractivity contribution is 0.0439. The third-order valence-electron chi connectivity index (χ3n) is 5.54. The van der Waals surface area contributed by atoms with Crippen LogP contribution in [0.1, 0.15) is 29.1 Å². The van der Waals surface area contributed by atoms with Crippen LogP contribution in [0.3, 0.4) is 0 Å². The van der Waals surface area contributed by atoms with Crippen molar-refractivity contribution in [3.05, 3.63) is 53.9 Å². The molecule has 3 aromatic rings. The molecule has 0 spiro atoms. The highest BCUT2D eigenvalue weighted by atomic mass is 32.2. The van der Waals surface area contributed by atoms with Gasteiger partial charge in [-0.25, -0.2) is 17.5 Å². The molecule has 2 aromatic carbocycles. The number of nitrogens with zero attached hydrogens (tertiary/aromatic N) is 4. The molecule has 0 amide bonds. The van der Waals surface area contributed by atoms with E-state index in [1.54, 1.807) is 37.4 Å². The quantitative estimate of drug-likeness (QED) is 0.443. The van der Waals surface area contributed by atoms with E-state index in [-0.39, 0.29) is 28.8 Å². The van der Waals surface area contributed by atoms with Gasteiger partial charge in [0.15, 0.2) is 6.61 Å². The Morgan fingerprint density at radius 2 is 1.79 bits per heavy atom. The predicted octanol–water partition coefficient (Wildman–Crippen LogP) is 2.95. The number of sulfonamides is 1. The van der Waals surface area contributed by atoms with Crippen molar-refractivity contribution in [2.24, 2.45) is 0 Å². The minimum Gasteiger partial charge on any atom is -0.497 e. The third kappa shape index (κ3) is 4.90. The summed E-state index contributed by atoms with van der Waals surface area (Å²) in [5, 5.41) is 7.94. The number of aromatic nitrogens is 2. The van der Waals surface area contributed by atoms with Crippen molar-refractivity contribution in [3.63, 3.8) is 0 Å². The number of hydrogen-bond donors (Lipinski definition) is 0. The van der Waals surface area contributed by atoms with Gasteiger partial charge in [0.2, 0.25) is 15.9 Å². The first-order valence-corrected chi connectivity index (χ1v) is 12.2. The van der Waals surface area contributed by atoms with Crippen LogP contribution in [0, 0.1) is 0 Å². The zero-order valence-corrected chi connectivity index (χ0v) is 20.0. The molecule has 0 unspecified atom stereocenters. The average molecular weight is 487 g/mol. The lowest BCUT2D eigenvalue weighted by Crippen LogP contribution is -2.24. The Balaban J connectivity index is 1.54. The summed E-state index contributed by atoms with van der Waals surface area (Å²) in [7, 11) is 0.747. The summed E-state index contributed by atoms with van der Waals surface area (Å²) in [4.78, 5) is 15.1. The van der Waals surface area contributed by atoms with Crippen LogP contribution < -0.4 is 9.64 Å². The first-order valence-electron chi connectivity index (χ1n) is 10.7. The normalized spacial score (nSPS) is 13.9. The summed E-state index contributed by atoms with van der Waals surface area (Å²) < 4.78 is 42.5. The van der Waals surface area contributed by atoms with Crippen molar-refractivity contribution in [2.75, 3.05) is 39.2 Å². The van der Waals surface area contributed by atoms with Gasteiger partial charge in [-0.15, -0.1) is 10.2 Å². The molecule has 1 aromatic heterocycles. The zero-order chi connectivity index (χ0) is 24.3. The van der Waals surface area contributed by atoms with Gasteiger partial charge in [-0.3, -0.25) is 0 Å². The highest BCUT2D eigenvalue weighted by Gasteiger charge is 2.25. The number of esters is 1. The summed E-state index contributed by atoms with van der Waals surface area (Å²) in [6.07, 6.45) is 2.00. The van der Waals surface area contributed by atoms with Crippen LogP contribution in [-0.4, -0.2) is 63.2 Å². The smallest absolute Gasteiger partial charge is 0.340 e. The van der Waals surface area contributed by atoms with E-state index in [0.29, 0.717) is 17.0 Å². The fourth-order valence-electron chi connectivity index (χ4n) is 3.65. The van der Waals surface area contributed by atoms with Gasteiger partial charge in [0.05, 0.1) is 23.3 Å². The molecule has 4 rings (SSSR count). The molecule has 0 N–H and O–H groups in total. The number of anilines is 1. The Hall–Kier alpha value is -3.44. The number of ether oxygens (including phenoxy) is 2. The van der Waals surface area contributed by atoms with Gasteiger partial charge >= 0.3 is 5.97 Å². The summed E-state index contributed by atoms with van der Waals surface area (Å²) in [5.41, 5.74) is 1.52. The highest BCUT2D eigenvalue weighted by molar-refractivity contribution is 7.89. The van der Waals surface area contributed by atoms with Crippen molar-refractivity contribution >= 4 is 21.7 Å². The van der Waals surface area contributed by atoms with Crippen LogP contribution in [0.5, 0.6) is 5.75 Å². The Morgan fingerprint density at radius 3 is 2.44 bits per heavy atom. The molecule has 2 heterocycles. The van der Waals surface area contributed by atoms with Gasteiger partial charge in [-0.1, -0.05) is 0 Å². The number of rotatable bonds is 8. The molecule has 1 aliphatic rings. The van der Waals surface area contributed by atoms with Gasteiger partial charge in [0, 0.05) is 32.7 Å². The van der Waals surface area contributed by atoms with Crippen LogP contribution >= 0.6 is 0 Å². The number of benzene rings is 2. The number of methoxy groups -OCH3 is 1. The fourth-order valence-corrected chi connectivity index (χ4v) is 4.58. The maximum absolute atomic E-state index is 13.0. The van der Waals surface area contributed by atoms with Crippen molar-refractivity contribution < 1.29 is 27.1 Å². The Kier molecular flexibility index (Phi) is 6.85. The SMILES string of the molecule is COc1ccc(-c2nnc(COC(=O)c3cc(S(=O)(=O)N(C)C)ccc3N3CCCC3)o2)cc1. The highest BCUT2D eigenvalue weighted by Crippen LogP contribution is 2.29. The number of hydrogen-bond acceptors (Lipinski definition) is 9. The van der Waals surface area contributed by atoms with Crippen LogP contribution in [-0.2, 0) is 21.4 Å². The molecule has 1 saturated heterocycles. The van der Waals surface area contributed by atoms with Crippen LogP contribution in [0.25, 0.3) is 11.5 Å². The van der Waals surface area contributed by atoms with Crippen molar-refractivity contribution in [3.8, 4) is 17.2 Å². The number of carbonyl (C=O) groups excluding carboxylic acids is 1. The Morgan fingerprint density at radius 1 is 1.09 bits per heavy atom. The first-order chi connectivity index (χ1) is 16.3. The monoisotopic (exact) mass is 486 g/mol. The molecule has 0 radical (unpaired) electrons. The molecule has 0 bridgehead atoms. The second kappa shape index (κ2) is 9.82. The Bertz CT molecular complexity index is 1260. The molecule has 0 aliphatic carbocycles. The second-order valence-corrected chi connectivity index (χ2v) is 10.1. The zero-order valence-electron chi connectivity index (χ0n) is 19.2. The standard InChI is InChI=1S/C23H26N4O6S/c1-26(2)34(29,30)18-10-11-20(27-12-4-5-13-27)19(14-18)23(28)32-15-21-24-25-22(33-21)16-6-8-17(31-3)9-7-16/h6-11,14H,4-5,12-13,15H2,1-3H3. The van der Waals surface area contributed by atoms with Gasteiger partial charge < -0.3 is 18.8 Å². The van der Waals surface area contributed by atoms with Gasteiger partial charge in [-0.05, 0) is 55.3 Å². The summed E-state index contributed by atoms with van der Waals surface area (Å²) in [5.74, 6) is 0.441. The van der Waals surface area contributed by atoms with Crippen molar-refractivity contribution in [1.82, 2.24) is 14.5 Å². The summed E-state index contributed by atoms with van der Waals surface area (Å²) in [6, 6.07) is 11.6. The summed E-state index contributed by atoms with van der Waals surface area (Å²) in [6.45, 7) is 1.33.